The van der Waals surface area contributed by atoms with E-state index in [-0.39, 0.29) is 5.91 Å². The molecule has 2 aromatic heterocycles. The molecule has 1 aliphatic rings. The number of rotatable bonds is 4. The first kappa shape index (κ1) is 15.2. The zero-order valence-electron chi connectivity index (χ0n) is 13.0. The van der Waals surface area contributed by atoms with E-state index in [1.165, 1.54) is 12.4 Å². The van der Waals surface area contributed by atoms with Gasteiger partial charge in [0, 0.05) is 38.3 Å². The SMILES string of the molecule is CN1CCN(c2cc(NC(=O)/C=C/c3ccco3)ncn2)CC1. The van der Waals surface area contributed by atoms with Crippen LogP contribution >= 0.6 is 0 Å². The molecular formula is C16H19N5O2. The molecule has 120 valence electrons. The smallest absolute Gasteiger partial charge is 0.249 e. The van der Waals surface area contributed by atoms with Crippen molar-refractivity contribution < 1.29 is 9.21 Å². The van der Waals surface area contributed by atoms with Crippen LogP contribution in [0.3, 0.4) is 0 Å². The molecule has 1 saturated heterocycles. The lowest BCUT2D eigenvalue weighted by atomic mass is 10.3. The molecule has 1 amide bonds. The van der Waals surface area contributed by atoms with Gasteiger partial charge in [-0.2, -0.15) is 0 Å². The molecule has 1 aliphatic heterocycles. The van der Waals surface area contributed by atoms with Crippen LogP contribution in [0.15, 0.2) is 41.3 Å². The summed E-state index contributed by atoms with van der Waals surface area (Å²) in [6.07, 6.45) is 6.05. The highest BCUT2D eigenvalue weighted by Gasteiger charge is 2.15. The monoisotopic (exact) mass is 313 g/mol. The van der Waals surface area contributed by atoms with Crippen LogP contribution in [0.4, 0.5) is 11.6 Å². The van der Waals surface area contributed by atoms with Crippen LogP contribution < -0.4 is 10.2 Å². The van der Waals surface area contributed by atoms with Crippen LogP contribution in [-0.4, -0.2) is 54.0 Å². The summed E-state index contributed by atoms with van der Waals surface area (Å²) in [5, 5.41) is 2.74. The Bertz CT molecular complexity index is 676. The van der Waals surface area contributed by atoms with Crippen LogP contribution in [-0.2, 0) is 4.79 Å². The normalized spacial score (nSPS) is 16.0. The standard InChI is InChI=1S/C16H19N5O2/c1-20-6-8-21(9-7-20)15-11-14(17-12-18-15)19-16(22)5-4-13-3-2-10-23-13/h2-5,10-12H,6-9H2,1H3,(H,17,18,19,22)/b5-4+. The van der Waals surface area contributed by atoms with Gasteiger partial charge in [-0.25, -0.2) is 9.97 Å². The number of carbonyl (C=O) groups is 1. The lowest BCUT2D eigenvalue weighted by Gasteiger charge is -2.33. The van der Waals surface area contributed by atoms with Crippen LogP contribution in [0, 0.1) is 0 Å². The summed E-state index contributed by atoms with van der Waals surface area (Å²) in [6.45, 7) is 3.83. The third-order valence-electron chi connectivity index (χ3n) is 3.67. The van der Waals surface area contributed by atoms with Gasteiger partial charge in [-0.05, 0) is 25.3 Å². The molecule has 3 rings (SSSR count). The van der Waals surface area contributed by atoms with Crippen molar-refractivity contribution >= 4 is 23.6 Å². The highest BCUT2D eigenvalue weighted by molar-refractivity contribution is 6.01. The van der Waals surface area contributed by atoms with Crippen molar-refractivity contribution in [2.75, 3.05) is 43.4 Å². The van der Waals surface area contributed by atoms with Gasteiger partial charge >= 0.3 is 0 Å². The summed E-state index contributed by atoms with van der Waals surface area (Å²) < 4.78 is 5.14. The number of piperazine rings is 1. The molecule has 0 bridgehead atoms. The van der Waals surface area contributed by atoms with E-state index in [0.717, 1.165) is 32.0 Å². The number of hydrogen-bond acceptors (Lipinski definition) is 6. The third kappa shape index (κ3) is 4.17. The van der Waals surface area contributed by atoms with Crippen molar-refractivity contribution in [2.45, 2.75) is 0 Å². The fourth-order valence-corrected chi connectivity index (χ4v) is 2.34. The second kappa shape index (κ2) is 7.06. The average Bonchev–Trinajstić information content (AvgIpc) is 3.07. The Morgan fingerprint density at radius 1 is 1.30 bits per heavy atom. The zero-order chi connectivity index (χ0) is 16.1. The van der Waals surface area contributed by atoms with E-state index in [0.29, 0.717) is 11.6 Å². The number of furan rings is 1. The molecule has 1 fully saturated rings. The molecule has 7 nitrogen and oxygen atoms in total. The number of amides is 1. The minimum Gasteiger partial charge on any atom is -0.465 e. The minimum absolute atomic E-state index is 0.260. The van der Waals surface area contributed by atoms with Gasteiger partial charge in [0.1, 0.15) is 23.7 Å². The molecule has 0 unspecified atom stereocenters. The van der Waals surface area contributed by atoms with Gasteiger partial charge in [0.25, 0.3) is 0 Å². The first-order valence-corrected chi connectivity index (χ1v) is 7.49. The maximum absolute atomic E-state index is 11.9. The fraction of sp³-hybridized carbons (Fsp3) is 0.312. The van der Waals surface area contributed by atoms with Crippen LogP contribution in [0.5, 0.6) is 0 Å². The van der Waals surface area contributed by atoms with Crippen LogP contribution in [0.1, 0.15) is 5.76 Å². The highest BCUT2D eigenvalue weighted by Crippen LogP contribution is 2.16. The lowest BCUT2D eigenvalue weighted by molar-refractivity contribution is -0.111. The van der Waals surface area contributed by atoms with Crippen molar-refractivity contribution in [2.24, 2.45) is 0 Å². The average molecular weight is 313 g/mol. The van der Waals surface area contributed by atoms with E-state index in [2.05, 4.69) is 32.1 Å². The molecular weight excluding hydrogens is 294 g/mol. The Kier molecular flexibility index (Phi) is 4.68. The zero-order valence-corrected chi connectivity index (χ0v) is 13.0. The van der Waals surface area contributed by atoms with E-state index >= 15 is 0 Å². The summed E-state index contributed by atoms with van der Waals surface area (Å²) >= 11 is 0. The number of aromatic nitrogens is 2. The Morgan fingerprint density at radius 3 is 2.87 bits per heavy atom. The van der Waals surface area contributed by atoms with Crippen molar-refractivity contribution in [1.82, 2.24) is 14.9 Å². The second-order valence-corrected chi connectivity index (χ2v) is 5.39. The Balaban J connectivity index is 1.62. The van der Waals surface area contributed by atoms with Crippen LogP contribution in [0.2, 0.25) is 0 Å². The Labute approximate surface area is 134 Å². The maximum atomic E-state index is 11.9. The number of carbonyl (C=O) groups excluding carboxylic acids is 1. The molecule has 23 heavy (non-hydrogen) atoms. The summed E-state index contributed by atoms with van der Waals surface area (Å²) in [6, 6.07) is 5.34. The van der Waals surface area contributed by atoms with Gasteiger partial charge in [0.2, 0.25) is 5.91 Å². The van der Waals surface area contributed by atoms with Crippen molar-refractivity contribution in [3.05, 3.63) is 42.6 Å². The van der Waals surface area contributed by atoms with Gasteiger partial charge in [-0.1, -0.05) is 0 Å². The second-order valence-electron chi connectivity index (χ2n) is 5.39. The van der Waals surface area contributed by atoms with Crippen molar-refractivity contribution in [3.63, 3.8) is 0 Å². The maximum Gasteiger partial charge on any atom is 0.249 e. The molecule has 0 aromatic carbocycles. The predicted octanol–water partition coefficient (Wildman–Crippen LogP) is 1.47. The molecule has 2 aromatic rings. The van der Waals surface area contributed by atoms with E-state index in [4.69, 9.17) is 4.42 Å². The summed E-state index contributed by atoms with van der Waals surface area (Å²) in [5.74, 6) is 1.69. The number of nitrogens with zero attached hydrogens (tertiary/aromatic N) is 4. The van der Waals surface area contributed by atoms with Gasteiger partial charge in [0.15, 0.2) is 0 Å². The van der Waals surface area contributed by atoms with E-state index < -0.39 is 0 Å². The van der Waals surface area contributed by atoms with Gasteiger partial charge in [-0.15, -0.1) is 0 Å². The van der Waals surface area contributed by atoms with Gasteiger partial charge in [-0.3, -0.25) is 4.79 Å². The number of likely N-dealkylation sites (N-methyl/N-ethyl adjacent to an activating group) is 1. The molecule has 0 saturated carbocycles. The van der Waals surface area contributed by atoms with E-state index in [1.807, 2.05) is 0 Å². The lowest BCUT2D eigenvalue weighted by Crippen LogP contribution is -2.44. The molecule has 3 heterocycles. The molecule has 0 radical (unpaired) electrons. The summed E-state index contributed by atoms with van der Waals surface area (Å²) in [7, 11) is 2.11. The third-order valence-corrected chi connectivity index (χ3v) is 3.67. The molecule has 0 aliphatic carbocycles. The predicted molar refractivity (Wildman–Crippen MR) is 88.1 cm³/mol. The number of nitrogens with one attached hydrogen (secondary N) is 1. The summed E-state index contributed by atoms with van der Waals surface area (Å²) in [4.78, 5) is 24.8. The van der Waals surface area contributed by atoms with E-state index in [1.54, 1.807) is 30.5 Å². The first-order chi connectivity index (χ1) is 11.2. The minimum atomic E-state index is -0.260. The quantitative estimate of drug-likeness (QED) is 0.862. The summed E-state index contributed by atoms with van der Waals surface area (Å²) in [5.41, 5.74) is 0. The fourth-order valence-electron chi connectivity index (χ4n) is 2.34. The van der Waals surface area contributed by atoms with Crippen molar-refractivity contribution in [1.29, 1.82) is 0 Å². The molecule has 0 spiro atoms. The molecule has 1 N–H and O–H groups in total. The van der Waals surface area contributed by atoms with Gasteiger partial charge in [0.05, 0.1) is 6.26 Å². The molecule has 7 heteroatoms. The Morgan fingerprint density at radius 2 is 2.13 bits per heavy atom. The topological polar surface area (TPSA) is 74.5 Å². The highest BCUT2D eigenvalue weighted by atomic mass is 16.3. The van der Waals surface area contributed by atoms with Crippen molar-refractivity contribution in [3.8, 4) is 0 Å². The van der Waals surface area contributed by atoms with Crippen LogP contribution in [0.25, 0.3) is 6.08 Å². The van der Waals surface area contributed by atoms with Gasteiger partial charge < -0.3 is 19.5 Å². The number of hydrogen-bond donors (Lipinski definition) is 1. The number of anilines is 2. The largest absolute Gasteiger partial charge is 0.465 e. The molecule has 0 atom stereocenters. The Hall–Kier alpha value is -2.67. The van der Waals surface area contributed by atoms with E-state index in [9.17, 15) is 4.79 Å². The first-order valence-electron chi connectivity index (χ1n) is 7.49.